The first kappa shape index (κ1) is 20.0. The number of hydrogen-bond donors (Lipinski definition) is 0. The molecular weight excluding hydrogens is 358 g/mol. The Labute approximate surface area is 165 Å². The van der Waals surface area contributed by atoms with E-state index in [9.17, 15) is 19.2 Å². The lowest BCUT2D eigenvalue weighted by molar-refractivity contribution is -0.130. The predicted octanol–water partition coefficient (Wildman–Crippen LogP) is 2.17. The predicted molar refractivity (Wildman–Crippen MR) is 104 cm³/mol. The molecule has 2 aliphatic rings. The maximum atomic E-state index is 13.0. The molecule has 0 unspecified atom stereocenters. The highest BCUT2D eigenvalue weighted by Gasteiger charge is 2.42. The molecule has 2 heterocycles. The minimum atomic E-state index is -0.628. The maximum Gasteiger partial charge on any atom is 0.262 e. The molecule has 2 aliphatic heterocycles. The molecule has 0 aromatic heterocycles. The molecule has 28 heavy (non-hydrogen) atoms. The molecule has 0 radical (unpaired) electrons. The van der Waals surface area contributed by atoms with Crippen LogP contribution in [0, 0.1) is 0 Å². The molecule has 7 heteroatoms. The van der Waals surface area contributed by atoms with E-state index >= 15 is 0 Å². The third kappa shape index (κ3) is 3.53. The molecule has 1 fully saturated rings. The number of rotatable bonds is 2. The standard InChI is InChI=1S/C21H27N3O4/c1-5-17(25)22-9-6-10-23(12-11-22)18(26)14-7-8-15-16(13-14)20(28)24(19(15)27)21(2,3)4/h7-8,13H,5-6,9-12H2,1-4H3. The highest BCUT2D eigenvalue weighted by molar-refractivity contribution is 6.22. The number of hydrogen-bond acceptors (Lipinski definition) is 4. The third-order valence-corrected chi connectivity index (χ3v) is 5.24. The van der Waals surface area contributed by atoms with Gasteiger partial charge in [0.1, 0.15) is 0 Å². The van der Waals surface area contributed by atoms with Gasteiger partial charge in [-0.05, 0) is 45.4 Å². The van der Waals surface area contributed by atoms with Gasteiger partial charge in [0.15, 0.2) is 0 Å². The van der Waals surface area contributed by atoms with Crippen LogP contribution in [0.1, 0.15) is 71.6 Å². The van der Waals surface area contributed by atoms with Gasteiger partial charge in [0.2, 0.25) is 5.91 Å². The Morgan fingerprint density at radius 3 is 2.18 bits per heavy atom. The zero-order valence-electron chi connectivity index (χ0n) is 16.9. The second-order valence-corrected chi connectivity index (χ2v) is 8.26. The fourth-order valence-electron chi connectivity index (χ4n) is 3.76. The number of amides is 4. The molecule has 1 aromatic carbocycles. The molecule has 3 rings (SSSR count). The lowest BCUT2D eigenvalue weighted by Crippen LogP contribution is -2.45. The lowest BCUT2D eigenvalue weighted by Gasteiger charge is -2.29. The van der Waals surface area contributed by atoms with Crippen molar-refractivity contribution in [2.24, 2.45) is 0 Å². The summed E-state index contributed by atoms with van der Waals surface area (Å²) >= 11 is 0. The van der Waals surface area contributed by atoms with Crippen molar-refractivity contribution in [3.05, 3.63) is 34.9 Å². The number of nitrogens with zero attached hydrogens (tertiary/aromatic N) is 3. The van der Waals surface area contributed by atoms with E-state index in [0.29, 0.717) is 43.7 Å². The monoisotopic (exact) mass is 385 g/mol. The first-order valence-electron chi connectivity index (χ1n) is 9.75. The topological polar surface area (TPSA) is 78.0 Å². The van der Waals surface area contributed by atoms with Crippen molar-refractivity contribution in [2.75, 3.05) is 26.2 Å². The summed E-state index contributed by atoms with van der Waals surface area (Å²) in [5.74, 6) is -0.769. The third-order valence-electron chi connectivity index (χ3n) is 5.24. The van der Waals surface area contributed by atoms with E-state index in [1.54, 1.807) is 42.7 Å². The van der Waals surface area contributed by atoms with E-state index in [0.717, 1.165) is 6.42 Å². The highest BCUT2D eigenvalue weighted by Crippen LogP contribution is 2.30. The smallest absolute Gasteiger partial charge is 0.262 e. The summed E-state index contributed by atoms with van der Waals surface area (Å²) in [6.45, 7) is 9.43. The van der Waals surface area contributed by atoms with Crippen LogP contribution >= 0.6 is 0 Å². The van der Waals surface area contributed by atoms with Crippen LogP contribution in [0.15, 0.2) is 18.2 Å². The van der Waals surface area contributed by atoms with Crippen molar-refractivity contribution >= 4 is 23.6 Å². The molecule has 0 N–H and O–H groups in total. The van der Waals surface area contributed by atoms with Crippen molar-refractivity contribution < 1.29 is 19.2 Å². The number of carbonyl (C=O) groups is 4. The molecular formula is C21H27N3O4. The van der Waals surface area contributed by atoms with Crippen LogP contribution in [0.25, 0.3) is 0 Å². The van der Waals surface area contributed by atoms with Crippen molar-refractivity contribution in [3.8, 4) is 0 Å². The number of fused-ring (bicyclic) bond motifs is 1. The maximum absolute atomic E-state index is 13.0. The molecule has 0 saturated carbocycles. The Bertz CT molecular complexity index is 841. The Kier molecular flexibility index (Phi) is 5.28. The molecule has 0 bridgehead atoms. The van der Waals surface area contributed by atoms with E-state index in [-0.39, 0.29) is 29.2 Å². The summed E-state index contributed by atoms with van der Waals surface area (Å²) in [6, 6.07) is 4.71. The largest absolute Gasteiger partial charge is 0.341 e. The van der Waals surface area contributed by atoms with Crippen LogP contribution in [-0.4, -0.2) is 70.0 Å². The van der Waals surface area contributed by atoms with Gasteiger partial charge in [-0.25, -0.2) is 0 Å². The molecule has 1 saturated heterocycles. The van der Waals surface area contributed by atoms with Gasteiger partial charge in [-0.3, -0.25) is 24.1 Å². The fourth-order valence-corrected chi connectivity index (χ4v) is 3.76. The summed E-state index contributed by atoms with van der Waals surface area (Å²) in [6.07, 6.45) is 1.18. The van der Waals surface area contributed by atoms with E-state index < -0.39 is 5.54 Å². The van der Waals surface area contributed by atoms with E-state index in [4.69, 9.17) is 0 Å². The summed E-state index contributed by atoms with van der Waals surface area (Å²) in [5, 5.41) is 0. The van der Waals surface area contributed by atoms with Gasteiger partial charge in [-0.2, -0.15) is 0 Å². The average molecular weight is 385 g/mol. The summed E-state index contributed by atoms with van der Waals surface area (Å²) in [7, 11) is 0. The number of imide groups is 1. The highest BCUT2D eigenvalue weighted by atomic mass is 16.2. The number of carbonyl (C=O) groups excluding carboxylic acids is 4. The minimum absolute atomic E-state index is 0.0956. The van der Waals surface area contributed by atoms with Crippen molar-refractivity contribution in [1.29, 1.82) is 0 Å². The molecule has 7 nitrogen and oxygen atoms in total. The molecule has 0 atom stereocenters. The van der Waals surface area contributed by atoms with Crippen LogP contribution in [0.2, 0.25) is 0 Å². The summed E-state index contributed by atoms with van der Waals surface area (Å²) in [4.78, 5) is 55.0. The van der Waals surface area contributed by atoms with Crippen molar-refractivity contribution in [3.63, 3.8) is 0 Å². The molecule has 0 aliphatic carbocycles. The Morgan fingerprint density at radius 1 is 0.929 bits per heavy atom. The number of benzene rings is 1. The summed E-state index contributed by atoms with van der Waals surface area (Å²) < 4.78 is 0. The van der Waals surface area contributed by atoms with E-state index in [1.807, 2.05) is 6.92 Å². The van der Waals surface area contributed by atoms with Gasteiger partial charge < -0.3 is 9.80 Å². The Hall–Kier alpha value is -2.70. The molecule has 0 spiro atoms. The van der Waals surface area contributed by atoms with Gasteiger partial charge in [-0.15, -0.1) is 0 Å². The Morgan fingerprint density at radius 2 is 1.54 bits per heavy atom. The van der Waals surface area contributed by atoms with Gasteiger partial charge >= 0.3 is 0 Å². The normalized spacial score (nSPS) is 17.6. The zero-order valence-corrected chi connectivity index (χ0v) is 16.9. The first-order chi connectivity index (χ1) is 13.1. The van der Waals surface area contributed by atoms with Crippen molar-refractivity contribution in [1.82, 2.24) is 14.7 Å². The van der Waals surface area contributed by atoms with Crippen LogP contribution in [0.4, 0.5) is 0 Å². The average Bonchev–Trinajstić information content (AvgIpc) is 2.81. The minimum Gasteiger partial charge on any atom is -0.341 e. The van der Waals surface area contributed by atoms with Gasteiger partial charge in [0.05, 0.1) is 11.1 Å². The Balaban J connectivity index is 1.80. The first-order valence-corrected chi connectivity index (χ1v) is 9.75. The van der Waals surface area contributed by atoms with Crippen LogP contribution in [-0.2, 0) is 4.79 Å². The van der Waals surface area contributed by atoms with Crippen LogP contribution < -0.4 is 0 Å². The fraction of sp³-hybridized carbons (Fsp3) is 0.524. The van der Waals surface area contributed by atoms with E-state index in [2.05, 4.69) is 0 Å². The van der Waals surface area contributed by atoms with Gasteiger partial charge in [0, 0.05) is 43.7 Å². The summed E-state index contributed by atoms with van der Waals surface area (Å²) in [5.41, 5.74) is 0.388. The van der Waals surface area contributed by atoms with Crippen LogP contribution in [0.3, 0.4) is 0 Å². The SMILES string of the molecule is CCC(=O)N1CCCN(C(=O)c2ccc3c(c2)C(=O)N(C(C)(C)C)C3=O)CC1. The lowest BCUT2D eigenvalue weighted by atomic mass is 10.0. The van der Waals surface area contributed by atoms with Gasteiger partial charge in [0.25, 0.3) is 17.7 Å². The molecule has 1 aromatic rings. The zero-order chi connectivity index (χ0) is 20.6. The van der Waals surface area contributed by atoms with E-state index in [1.165, 1.54) is 11.0 Å². The molecule has 4 amide bonds. The second kappa shape index (κ2) is 7.37. The van der Waals surface area contributed by atoms with Crippen LogP contribution in [0.5, 0.6) is 0 Å². The quantitative estimate of drug-likeness (QED) is 0.731. The molecule has 150 valence electrons. The van der Waals surface area contributed by atoms with Gasteiger partial charge in [-0.1, -0.05) is 6.92 Å². The second-order valence-electron chi connectivity index (χ2n) is 8.26. The van der Waals surface area contributed by atoms with Crippen molar-refractivity contribution in [2.45, 2.75) is 46.1 Å².